The maximum atomic E-state index is 12.5. The fourth-order valence-corrected chi connectivity index (χ4v) is 2.95. The lowest BCUT2D eigenvalue weighted by atomic mass is 10.1. The summed E-state index contributed by atoms with van der Waals surface area (Å²) in [4.78, 5) is 24.6. The summed E-state index contributed by atoms with van der Waals surface area (Å²) in [6.45, 7) is 1.82. The summed E-state index contributed by atoms with van der Waals surface area (Å²) in [5.41, 5.74) is 1.20. The summed E-state index contributed by atoms with van der Waals surface area (Å²) in [6, 6.07) is 15.2. The number of esters is 1. The standard InChI is InChI=1S/C22H15ClO5/c1-13-2-7-16(26-13)12-20-22(25)18-9-8-17(11-19(18)28-20)27-21(24)10-14-3-5-15(23)6-4-14/h2-9,11-12H,10H2,1H3/b20-12-. The number of Topliss-reactive ketones (excluding diaryl/α,β-unsaturated/α-hetero) is 1. The van der Waals surface area contributed by atoms with E-state index in [-0.39, 0.29) is 18.0 Å². The van der Waals surface area contributed by atoms with Crippen molar-refractivity contribution in [2.75, 3.05) is 0 Å². The molecule has 0 amide bonds. The van der Waals surface area contributed by atoms with Crippen LogP contribution in [0.25, 0.3) is 6.08 Å². The van der Waals surface area contributed by atoms with Crippen LogP contribution in [0.3, 0.4) is 0 Å². The Morgan fingerprint density at radius 1 is 1.11 bits per heavy atom. The van der Waals surface area contributed by atoms with Gasteiger partial charge in [-0.3, -0.25) is 9.59 Å². The van der Waals surface area contributed by atoms with E-state index >= 15 is 0 Å². The van der Waals surface area contributed by atoms with E-state index in [0.717, 1.165) is 11.3 Å². The molecular weight excluding hydrogens is 380 g/mol. The number of furan rings is 1. The van der Waals surface area contributed by atoms with E-state index in [2.05, 4.69) is 0 Å². The number of hydrogen-bond acceptors (Lipinski definition) is 5. The highest BCUT2D eigenvalue weighted by atomic mass is 35.5. The second-order valence-electron chi connectivity index (χ2n) is 6.32. The predicted octanol–water partition coefficient (Wildman–Crippen LogP) is 5.01. The van der Waals surface area contributed by atoms with E-state index < -0.39 is 5.97 Å². The van der Waals surface area contributed by atoms with E-state index in [1.165, 1.54) is 6.07 Å². The van der Waals surface area contributed by atoms with Crippen LogP contribution in [-0.4, -0.2) is 11.8 Å². The van der Waals surface area contributed by atoms with Crippen molar-refractivity contribution in [2.24, 2.45) is 0 Å². The lowest BCUT2D eigenvalue weighted by Crippen LogP contribution is -2.11. The molecule has 1 aromatic heterocycles. The summed E-state index contributed by atoms with van der Waals surface area (Å²) in [5, 5.41) is 0.603. The van der Waals surface area contributed by atoms with Crippen LogP contribution in [0.1, 0.15) is 27.4 Å². The van der Waals surface area contributed by atoms with E-state index in [1.807, 2.05) is 6.92 Å². The minimum Gasteiger partial charge on any atom is -0.462 e. The van der Waals surface area contributed by atoms with Crippen molar-refractivity contribution in [3.63, 3.8) is 0 Å². The van der Waals surface area contributed by atoms with Crippen molar-refractivity contribution in [1.29, 1.82) is 0 Å². The summed E-state index contributed by atoms with van der Waals surface area (Å²) in [6.07, 6.45) is 1.65. The molecule has 1 aliphatic heterocycles. The molecule has 0 spiro atoms. The number of ether oxygens (including phenoxy) is 2. The Labute approximate surface area is 166 Å². The second-order valence-corrected chi connectivity index (χ2v) is 6.76. The van der Waals surface area contributed by atoms with Gasteiger partial charge in [0, 0.05) is 17.2 Å². The zero-order chi connectivity index (χ0) is 19.7. The third kappa shape index (κ3) is 3.85. The van der Waals surface area contributed by atoms with Gasteiger partial charge >= 0.3 is 5.97 Å². The zero-order valence-electron chi connectivity index (χ0n) is 14.9. The van der Waals surface area contributed by atoms with Crippen LogP contribution in [0.5, 0.6) is 11.5 Å². The van der Waals surface area contributed by atoms with Crippen LogP contribution in [0.2, 0.25) is 5.02 Å². The summed E-state index contributed by atoms with van der Waals surface area (Å²) < 4.78 is 16.4. The van der Waals surface area contributed by atoms with Crippen molar-refractivity contribution < 1.29 is 23.5 Å². The first-order valence-corrected chi connectivity index (χ1v) is 8.95. The van der Waals surface area contributed by atoms with Crippen LogP contribution in [-0.2, 0) is 11.2 Å². The van der Waals surface area contributed by atoms with E-state index in [9.17, 15) is 9.59 Å². The average Bonchev–Trinajstić information content (AvgIpc) is 3.20. The van der Waals surface area contributed by atoms with Crippen molar-refractivity contribution >= 4 is 29.4 Å². The third-order valence-electron chi connectivity index (χ3n) is 4.17. The molecule has 0 bridgehead atoms. The molecule has 2 heterocycles. The number of rotatable bonds is 4. The van der Waals surface area contributed by atoms with Crippen LogP contribution in [0.4, 0.5) is 0 Å². The molecule has 0 saturated heterocycles. The van der Waals surface area contributed by atoms with Gasteiger partial charge in [-0.05, 0) is 48.9 Å². The minimum atomic E-state index is -0.423. The first-order chi connectivity index (χ1) is 13.5. The first kappa shape index (κ1) is 18.1. The Kier molecular flexibility index (Phi) is 4.75. The molecule has 0 atom stereocenters. The lowest BCUT2D eigenvalue weighted by Gasteiger charge is -2.06. The van der Waals surface area contributed by atoms with Gasteiger partial charge in [-0.1, -0.05) is 23.7 Å². The monoisotopic (exact) mass is 394 g/mol. The third-order valence-corrected chi connectivity index (χ3v) is 4.42. The second kappa shape index (κ2) is 7.37. The van der Waals surface area contributed by atoms with Gasteiger partial charge in [0.05, 0.1) is 12.0 Å². The molecule has 2 aromatic carbocycles. The molecule has 0 radical (unpaired) electrons. The van der Waals surface area contributed by atoms with Crippen LogP contribution >= 0.6 is 11.6 Å². The van der Waals surface area contributed by atoms with Gasteiger partial charge in [-0.2, -0.15) is 0 Å². The summed E-state index contributed by atoms with van der Waals surface area (Å²) in [5.74, 6) is 1.41. The molecule has 0 saturated carbocycles. The molecule has 6 heteroatoms. The van der Waals surface area contributed by atoms with Gasteiger partial charge in [0.15, 0.2) is 5.76 Å². The zero-order valence-corrected chi connectivity index (χ0v) is 15.7. The molecule has 3 aromatic rings. The normalized spacial score (nSPS) is 14.1. The Hall–Kier alpha value is -3.31. The van der Waals surface area contributed by atoms with Gasteiger partial charge < -0.3 is 13.9 Å². The van der Waals surface area contributed by atoms with Crippen LogP contribution < -0.4 is 9.47 Å². The van der Waals surface area contributed by atoms with Gasteiger partial charge in [0.2, 0.25) is 5.78 Å². The summed E-state index contributed by atoms with van der Waals surface area (Å²) in [7, 11) is 0. The number of carbonyl (C=O) groups is 2. The molecule has 0 unspecified atom stereocenters. The van der Waals surface area contributed by atoms with E-state index in [1.54, 1.807) is 54.6 Å². The quantitative estimate of drug-likeness (QED) is 0.353. The molecule has 4 rings (SSSR count). The Balaban J connectivity index is 1.47. The molecule has 140 valence electrons. The highest BCUT2D eigenvalue weighted by Gasteiger charge is 2.28. The smallest absolute Gasteiger partial charge is 0.315 e. The van der Waals surface area contributed by atoms with Crippen LogP contribution in [0, 0.1) is 6.92 Å². The number of hydrogen-bond donors (Lipinski definition) is 0. The summed E-state index contributed by atoms with van der Waals surface area (Å²) >= 11 is 5.84. The fraction of sp³-hybridized carbons (Fsp3) is 0.0909. The van der Waals surface area contributed by atoms with E-state index in [4.69, 9.17) is 25.5 Å². The number of benzene rings is 2. The van der Waals surface area contributed by atoms with Gasteiger partial charge in [-0.15, -0.1) is 0 Å². The van der Waals surface area contributed by atoms with E-state index in [0.29, 0.717) is 27.8 Å². The topological polar surface area (TPSA) is 65.7 Å². The first-order valence-electron chi connectivity index (χ1n) is 8.58. The molecule has 0 fully saturated rings. The molecule has 5 nitrogen and oxygen atoms in total. The number of fused-ring (bicyclic) bond motifs is 1. The maximum Gasteiger partial charge on any atom is 0.315 e. The van der Waals surface area contributed by atoms with Crippen LogP contribution in [0.15, 0.2) is 64.8 Å². The fourth-order valence-electron chi connectivity index (χ4n) is 2.83. The SMILES string of the molecule is Cc1ccc(/C=C2\Oc3cc(OC(=O)Cc4ccc(Cl)cc4)ccc3C2=O)o1. The highest BCUT2D eigenvalue weighted by molar-refractivity contribution is 6.30. The molecule has 1 aliphatic rings. The lowest BCUT2D eigenvalue weighted by molar-refractivity contribution is -0.133. The predicted molar refractivity (Wildman–Crippen MR) is 104 cm³/mol. The Morgan fingerprint density at radius 3 is 2.61 bits per heavy atom. The van der Waals surface area contributed by atoms with Crippen molar-refractivity contribution in [3.05, 3.63) is 88.0 Å². The largest absolute Gasteiger partial charge is 0.462 e. The van der Waals surface area contributed by atoms with Crippen molar-refractivity contribution in [3.8, 4) is 11.5 Å². The Bertz CT molecular complexity index is 1090. The number of aryl methyl sites for hydroxylation is 1. The average molecular weight is 395 g/mol. The molecule has 28 heavy (non-hydrogen) atoms. The maximum absolute atomic E-state index is 12.5. The van der Waals surface area contributed by atoms with Crippen molar-refractivity contribution in [1.82, 2.24) is 0 Å². The Morgan fingerprint density at radius 2 is 1.89 bits per heavy atom. The van der Waals surface area contributed by atoms with Crippen molar-refractivity contribution in [2.45, 2.75) is 13.3 Å². The van der Waals surface area contributed by atoms with Gasteiger partial charge in [-0.25, -0.2) is 0 Å². The molecule has 0 aliphatic carbocycles. The number of ketones is 1. The van der Waals surface area contributed by atoms with Gasteiger partial charge in [0.25, 0.3) is 0 Å². The number of allylic oxidation sites excluding steroid dienone is 1. The number of carbonyl (C=O) groups excluding carboxylic acids is 2. The molecule has 0 N–H and O–H groups in total. The molecular formula is C22H15ClO5. The highest BCUT2D eigenvalue weighted by Crippen LogP contribution is 2.35. The minimum absolute atomic E-state index is 0.108. The van der Waals surface area contributed by atoms with Gasteiger partial charge in [0.1, 0.15) is 23.0 Å². The number of halogens is 1.